The molecule has 0 radical (unpaired) electrons. The molecule has 0 aliphatic carbocycles. The van der Waals surface area contributed by atoms with Crippen molar-refractivity contribution in [2.75, 3.05) is 25.1 Å². The molecule has 0 atom stereocenters. The Bertz CT molecular complexity index is 1600. The summed E-state index contributed by atoms with van der Waals surface area (Å²) in [5, 5.41) is 5.44. The van der Waals surface area contributed by atoms with Crippen LogP contribution in [0.3, 0.4) is 0 Å². The fourth-order valence-electron chi connectivity index (χ4n) is 4.70. The molecule has 0 fully saturated rings. The van der Waals surface area contributed by atoms with Gasteiger partial charge in [0.1, 0.15) is 6.61 Å². The minimum atomic E-state index is -0.529. The van der Waals surface area contributed by atoms with Crippen LogP contribution in [0.1, 0.15) is 21.7 Å². The van der Waals surface area contributed by atoms with Gasteiger partial charge in [-0.1, -0.05) is 24.3 Å². The second-order valence-corrected chi connectivity index (χ2v) is 9.15. The zero-order valence-corrected chi connectivity index (χ0v) is 20.2. The van der Waals surface area contributed by atoms with Crippen LogP contribution < -0.4 is 15.4 Å². The maximum atomic E-state index is 11.5. The summed E-state index contributed by atoms with van der Waals surface area (Å²) < 4.78 is 9.78. The highest BCUT2D eigenvalue weighted by Gasteiger charge is 2.17. The third kappa shape index (κ3) is 3.86. The van der Waals surface area contributed by atoms with E-state index < -0.39 is 5.91 Å². The van der Waals surface area contributed by atoms with Crippen LogP contribution >= 0.6 is 0 Å². The summed E-state index contributed by atoms with van der Waals surface area (Å²) in [5.74, 6) is 1.19. The van der Waals surface area contributed by atoms with Gasteiger partial charge in [0, 0.05) is 48.1 Å². The van der Waals surface area contributed by atoms with E-state index in [1.807, 2.05) is 26.2 Å². The Morgan fingerprint density at radius 2 is 1.89 bits per heavy atom. The summed E-state index contributed by atoms with van der Waals surface area (Å²) in [5.41, 5.74) is 11.9. The minimum Gasteiger partial charge on any atom is -0.488 e. The molecule has 8 heteroatoms. The zero-order chi connectivity index (χ0) is 24.8. The number of nitrogens with two attached hydrogens (primary N) is 1. The Labute approximate surface area is 208 Å². The van der Waals surface area contributed by atoms with Crippen molar-refractivity contribution in [3.63, 3.8) is 0 Å². The SMILES string of the molecule is Cc1cc(C(N)=O)nn1-c1ccc2c(ccn2Cc2ccc(-c3cnc4c(c3)OCCN4C)cc2)c1. The predicted molar refractivity (Wildman–Crippen MR) is 140 cm³/mol. The number of hydrogen-bond acceptors (Lipinski definition) is 5. The molecular formula is C28H26N6O2. The smallest absolute Gasteiger partial charge is 0.269 e. The van der Waals surface area contributed by atoms with Crippen molar-refractivity contribution < 1.29 is 9.53 Å². The number of pyridine rings is 1. The largest absolute Gasteiger partial charge is 0.488 e. The lowest BCUT2D eigenvalue weighted by atomic mass is 10.0. The van der Waals surface area contributed by atoms with E-state index in [2.05, 4.69) is 74.3 Å². The molecule has 5 aromatic rings. The van der Waals surface area contributed by atoms with Gasteiger partial charge in [-0.25, -0.2) is 9.67 Å². The fourth-order valence-corrected chi connectivity index (χ4v) is 4.70. The first kappa shape index (κ1) is 21.9. The van der Waals surface area contributed by atoms with Crippen LogP contribution in [0.15, 0.2) is 73.1 Å². The monoisotopic (exact) mass is 478 g/mol. The lowest BCUT2D eigenvalue weighted by Crippen LogP contribution is -2.29. The molecule has 0 saturated heterocycles. The number of carbonyl (C=O) groups is 1. The molecule has 180 valence electrons. The van der Waals surface area contributed by atoms with Crippen molar-refractivity contribution in [3.8, 4) is 22.6 Å². The Hall–Kier alpha value is -4.59. The van der Waals surface area contributed by atoms with Gasteiger partial charge >= 0.3 is 0 Å². The number of aryl methyl sites for hydroxylation is 1. The molecule has 1 aliphatic heterocycles. The number of rotatable bonds is 5. The van der Waals surface area contributed by atoms with Crippen LogP contribution in [0.25, 0.3) is 27.7 Å². The first-order valence-electron chi connectivity index (χ1n) is 11.9. The number of hydrogen-bond donors (Lipinski definition) is 1. The van der Waals surface area contributed by atoms with Crippen molar-refractivity contribution in [1.82, 2.24) is 19.3 Å². The number of aromatic nitrogens is 4. The Morgan fingerprint density at radius 3 is 2.67 bits per heavy atom. The summed E-state index contributed by atoms with van der Waals surface area (Å²) in [7, 11) is 2.03. The van der Waals surface area contributed by atoms with Gasteiger partial charge in [-0.3, -0.25) is 4.79 Å². The molecule has 2 aromatic carbocycles. The van der Waals surface area contributed by atoms with Crippen molar-refractivity contribution >= 4 is 22.6 Å². The van der Waals surface area contributed by atoms with Gasteiger partial charge in [0.2, 0.25) is 0 Å². The Kier molecular flexibility index (Phi) is 5.21. The second kappa shape index (κ2) is 8.57. The van der Waals surface area contributed by atoms with Gasteiger partial charge in [0.05, 0.1) is 12.2 Å². The second-order valence-electron chi connectivity index (χ2n) is 9.15. The number of carbonyl (C=O) groups excluding carboxylic acids is 1. The molecular weight excluding hydrogens is 452 g/mol. The highest BCUT2D eigenvalue weighted by Crippen LogP contribution is 2.33. The van der Waals surface area contributed by atoms with Crippen LogP contribution in [-0.2, 0) is 6.54 Å². The number of benzene rings is 2. The first-order chi connectivity index (χ1) is 17.5. The van der Waals surface area contributed by atoms with Crippen LogP contribution in [0.5, 0.6) is 5.75 Å². The van der Waals surface area contributed by atoms with E-state index in [0.717, 1.165) is 58.1 Å². The number of primary amides is 1. The predicted octanol–water partition coefficient (Wildman–Crippen LogP) is 4.17. The van der Waals surface area contributed by atoms with Crippen LogP contribution in [0.2, 0.25) is 0 Å². The third-order valence-corrected chi connectivity index (χ3v) is 6.66. The van der Waals surface area contributed by atoms with E-state index in [0.29, 0.717) is 6.61 Å². The summed E-state index contributed by atoms with van der Waals surface area (Å²) >= 11 is 0. The van der Waals surface area contributed by atoms with Crippen molar-refractivity contribution in [1.29, 1.82) is 0 Å². The van der Waals surface area contributed by atoms with E-state index in [1.165, 1.54) is 5.56 Å². The first-order valence-corrected chi connectivity index (χ1v) is 11.9. The molecule has 0 saturated carbocycles. The van der Waals surface area contributed by atoms with Crippen LogP contribution in [0, 0.1) is 6.92 Å². The summed E-state index contributed by atoms with van der Waals surface area (Å²) in [4.78, 5) is 18.2. The minimum absolute atomic E-state index is 0.264. The number of ether oxygens (including phenoxy) is 1. The number of nitrogens with zero attached hydrogens (tertiary/aromatic N) is 5. The van der Waals surface area contributed by atoms with Crippen molar-refractivity contribution in [2.24, 2.45) is 5.73 Å². The van der Waals surface area contributed by atoms with Crippen LogP contribution in [0.4, 0.5) is 5.82 Å². The Balaban J connectivity index is 1.23. The lowest BCUT2D eigenvalue weighted by Gasteiger charge is -2.26. The average molecular weight is 479 g/mol. The van der Waals surface area contributed by atoms with Crippen molar-refractivity contribution in [2.45, 2.75) is 13.5 Å². The molecule has 36 heavy (non-hydrogen) atoms. The number of fused-ring (bicyclic) bond motifs is 2. The molecule has 2 N–H and O–H groups in total. The highest BCUT2D eigenvalue weighted by molar-refractivity contribution is 5.91. The topological polar surface area (TPSA) is 91.2 Å². The number of anilines is 1. The quantitative estimate of drug-likeness (QED) is 0.409. The Morgan fingerprint density at radius 1 is 1.06 bits per heavy atom. The average Bonchev–Trinajstić information content (AvgIpc) is 3.47. The molecule has 0 unspecified atom stereocenters. The van der Waals surface area contributed by atoms with Gasteiger partial charge in [0.15, 0.2) is 17.3 Å². The summed E-state index contributed by atoms with van der Waals surface area (Å²) in [6.07, 6.45) is 4.00. The fraction of sp³-hybridized carbons (Fsp3) is 0.179. The van der Waals surface area contributed by atoms with Gasteiger partial charge in [-0.2, -0.15) is 5.10 Å². The normalized spacial score (nSPS) is 13.0. The molecule has 1 amide bonds. The number of likely N-dealkylation sites (N-methyl/N-ethyl adjacent to an activating group) is 1. The van der Waals surface area contributed by atoms with E-state index in [4.69, 9.17) is 10.5 Å². The van der Waals surface area contributed by atoms with Crippen molar-refractivity contribution in [3.05, 3.63) is 90.0 Å². The molecule has 1 aliphatic rings. The maximum absolute atomic E-state index is 11.5. The van der Waals surface area contributed by atoms with E-state index in [-0.39, 0.29) is 5.69 Å². The van der Waals surface area contributed by atoms with E-state index in [1.54, 1.807) is 10.7 Å². The molecule has 8 nitrogen and oxygen atoms in total. The lowest BCUT2D eigenvalue weighted by molar-refractivity contribution is 0.0995. The zero-order valence-electron chi connectivity index (χ0n) is 20.2. The molecule has 4 heterocycles. The molecule has 0 bridgehead atoms. The molecule has 6 rings (SSSR count). The van der Waals surface area contributed by atoms with Crippen LogP contribution in [-0.4, -0.2) is 45.4 Å². The van der Waals surface area contributed by atoms with Gasteiger partial charge < -0.3 is 19.9 Å². The van der Waals surface area contributed by atoms with E-state index in [9.17, 15) is 4.79 Å². The van der Waals surface area contributed by atoms with Gasteiger partial charge in [0.25, 0.3) is 5.91 Å². The highest BCUT2D eigenvalue weighted by atomic mass is 16.5. The summed E-state index contributed by atoms with van der Waals surface area (Å²) in [6.45, 7) is 4.19. The summed E-state index contributed by atoms with van der Waals surface area (Å²) in [6, 6.07) is 20.6. The molecule has 0 spiro atoms. The van der Waals surface area contributed by atoms with Gasteiger partial charge in [-0.15, -0.1) is 0 Å². The third-order valence-electron chi connectivity index (χ3n) is 6.66. The van der Waals surface area contributed by atoms with E-state index >= 15 is 0 Å². The number of amides is 1. The van der Waals surface area contributed by atoms with Gasteiger partial charge in [-0.05, 0) is 54.4 Å². The molecule has 3 aromatic heterocycles. The maximum Gasteiger partial charge on any atom is 0.269 e. The standard InChI is InChI=1S/C28H26N6O2/c1-18-13-24(27(29)35)31-34(18)23-7-8-25-21(14-23)9-10-33(25)17-19-3-5-20(6-4-19)22-15-26-28(30-16-22)32(2)11-12-36-26/h3-10,13-16H,11-12,17H2,1-2H3,(H2,29,35).